The number of halogens is 1. The number of carbonyl (C=O) groups is 1. The van der Waals surface area contributed by atoms with E-state index in [-0.39, 0.29) is 18.6 Å². The van der Waals surface area contributed by atoms with Gasteiger partial charge in [0.1, 0.15) is 12.4 Å². The summed E-state index contributed by atoms with van der Waals surface area (Å²) in [6.07, 6.45) is 3.66. The Morgan fingerprint density at radius 1 is 1.43 bits per heavy atom. The molecule has 23 heavy (non-hydrogen) atoms. The molecule has 0 aliphatic heterocycles. The molecule has 0 saturated heterocycles. The summed E-state index contributed by atoms with van der Waals surface area (Å²) < 4.78 is 6.99. The van der Waals surface area contributed by atoms with Crippen LogP contribution < -0.4 is 0 Å². The van der Waals surface area contributed by atoms with Gasteiger partial charge in [0.15, 0.2) is 0 Å². The Balaban J connectivity index is 2.14. The van der Waals surface area contributed by atoms with Gasteiger partial charge in [-0.25, -0.2) is 4.98 Å². The lowest BCUT2D eigenvalue weighted by atomic mass is 10.2. The molecule has 5 nitrogen and oxygen atoms in total. The van der Waals surface area contributed by atoms with Crippen molar-refractivity contribution in [3.05, 3.63) is 53.1 Å². The molecule has 0 fully saturated rings. The average Bonchev–Trinajstić information content (AvgIpc) is 2.91. The van der Waals surface area contributed by atoms with Crippen molar-refractivity contribution in [2.75, 3.05) is 13.7 Å². The maximum Gasteiger partial charge on any atom is 0.249 e. The van der Waals surface area contributed by atoms with E-state index in [1.165, 1.54) is 7.11 Å². The molecular formula is C17H22ClN3O2. The van der Waals surface area contributed by atoms with Gasteiger partial charge in [-0.3, -0.25) is 4.79 Å². The monoisotopic (exact) mass is 335 g/mol. The van der Waals surface area contributed by atoms with Crippen molar-refractivity contribution < 1.29 is 9.53 Å². The lowest BCUT2D eigenvalue weighted by molar-refractivity contribution is -0.137. The number of ether oxygens (including phenoxy) is 1. The van der Waals surface area contributed by atoms with Gasteiger partial charge in [-0.15, -0.1) is 0 Å². The fourth-order valence-corrected chi connectivity index (χ4v) is 2.60. The quantitative estimate of drug-likeness (QED) is 0.781. The molecule has 0 aliphatic carbocycles. The highest BCUT2D eigenvalue weighted by atomic mass is 35.5. The Morgan fingerprint density at radius 2 is 2.22 bits per heavy atom. The molecule has 124 valence electrons. The minimum atomic E-state index is -0.0418. The van der Waals surface area contributed by atoms with E-state index in [2.05, 4.69) is 4.98 Å². The molecule has 1 aromatic heterocycles. The highest BCUT2D eigenvalue weighted by Gasteiger charge is 2.19. The van der Waals surface area contributed by atoms with E-state index < -0.39 is 0 Å². The van der Waals surface area contributed by atoms with Gasteiger partial charge in [0.05, 0.1) is 6.54 Å². The first-order chi connectivity index (χ1) is 11.0. The molecule has 0 atom stereocenters. The summed E-state index contributed by atoms with van der Waals surface area (Å²) in [5, 5.41) is 0.711. The van der Waals surface area contributed by atoms with Crippen molar-refractivity contribution in [1.82, 2.24) is 14.5 Å². The van der Waals surface area contributed by atoms with Crippen LogP contribution in [0.3, 0.4) is 0 Å². The minimum Gasteiger partial charge on any atom is -0.375 e. The van der Waals surface area contributed by atoms with Gasteiger partial charge in [0.2, 0.25) is 5.91 Å². The molecule has 1 aromatic carbocycles. The second kappa shape index (κ2) is 8.13. The summed E-state index contributed by atoms with van der Waals surface area (Å²) in [6.45, 7) is 5.16. The predicted octanol–water partition coefficient (Wildman–Crippen LogP) is 2.97. The number of aromatic nitrogens is 2. The zero-order valence-corrected chi connectivity index (χ0v) is 14.5. The molecule has 0 saturated carbocycles. The van der Waals surface area contributed by atoms with Gasteiger partial charge in [-0.2, -0.15) is 0 Å². The third kappa shape index (κ3) is 4.81. The number of benzene rings is 1. The second-order valence-corrected chi connectivity index (χ2v) is 6.09. The van der Waals surface area contributed by atoms with E-state index >= 15 is 0 Å². The van der Waals surface area contributed by atoms with Gasteiger partial charge < -0.3 is 14.2 Å². The van der Waals surface area contributed by atoms with Crippen LogP contribution in [0, 0.1) is 0 Å². The van der Waals surface area contributed by atoms with Gasteiger partial charge in [0, 0.05) is 37.1 Å². The van der Waals surface area contributed by atoms with Crippen LogP contribution in [0.15, 0.2) is 36.7 Å². The molecule has 2 rings (SSSR count). The second-order valence-electron chi connectivity index (χ2n) is 5.65. The zero-order chi connectivity index (χ0) is 16.8. The van der Waals surface area contributed by atoms with E-state index in [0.717, 1.165) is 11.4 Å². The number of imidazole rings is 1. The molecule has 2 aromatic rings. The standard InChI is InChI=1S/C17H22ClN3O2/c1-13(2)21(17(22)12-23-3)11-16-19-7-8-20(16)10-14-5-4-6-15(18)9-14/h4-9,13H,10-12H2,1-3H3. The van der Waals surface area contributed by atoms with Crippen molar-refractivity contribution in [3.63, 3.8) is 0 Å². The average molecular weight is 336 g/mol. The summed E-state index contributed by atoms with van der Waals surface area (Å²) >= 11 is 6.04. The normalized spacial score (nSPS) is 11.0. The minimum absolute atomic E-state index is 0.0418. The number of hydrogen-bond donors (Lipinski definition) is 0. The summed E-state index contributed by atoms with van der Waals surface area (Å²) in [7, 11) is 1.52. The van der Waals surface area contributed by atoms with Crippen molar-refractivity contribution in [1.29, 1.82) is 0 Å². The maximum atomic E-state index is 12.2. The van der Waals surface area contributed by atoms with Gasteiger partial charge in [-0.05, 0) is 31.5 Å². The Kier molecular flexibility index (Phi) is 6.19. The Morgan fingerprint density at radius 3 is 2.87 bits per heavy atom. The fourth-order valence-electron chi connectivity index (χ4n) is 2.39. The van der Waals surface area contributed by atoms with E-state index in [0.29, 0.717) is 18.1 Å². The molecule has 0 N–H and O–H groups in total. The number of hydrogen-bond acceptors (Lipinski definition) is 3. The molecule has 0 radical (unpaired) electrons. The number of methoxy groups -OCH3 is 1. The molecule has 6 heteroatoms. The van der Waals surface area contributed by atoms with Crippen LogP contribution in [0.2, 0.25) is 5.02 Å². The van der Waals surface area contributed by atoms with Crippen LogP contribution in [0.25, 0.3) is 0 Å². The van der Waals surface area contributed by atoms with Crippen LogP contribution >= 0.6 is 11.6 Å². The van der Waals surface area contributed by atoms with E-state index in [4.69, 9.17) is 16.3 Å². The largest absolute Gasteiger partial charge is 0.375 e. The topological polar surface area (TPSA) is 47.4 Å². The zero-order valence-electron chi connectivity index (χ0n) is 13.7. The summed E-state index contributed by atoms with van der Waals surface area (Å²) in [6, 6.07) is 7.81. The molecule has 0 spiro atoms. The van der Waals surface area contributed by atoms with Crippen molar-refractivity contribution in [2.45, 2.75) is 33.0 Å². The number of carbonyl (C=O) groups excluding carboxylic acids is 1. The van der Waals surface area contributed by atoms with Gasteiger partial charge in [-0.1, -0.05) is 23.7 Å². The first-order valence-electron chi connectivity index (χ1n) is 7.54. The van der Waals surface area contributed by atoms with Gasteiger partial charge >= 0.3 is 0 Å². The maximum absolute atomic E-state index is 12.2. The van der Waals surface area contributed by atoms with Crippen LogP contribution in [0.4, 0.5) is 0 Å². The number of rotatable bonds is 7. The van der Waals surface area contributed by atoms with Crippen LogP contribution in [-0.2, 0) is 22.6 Å². The smallest absolute Gasteiger partial charge is 0.249 e. The van der Waals surface area contributed by atoms with Crippen molar-refractivity contribution >= 4 is 17.5 Å². The fraction of sp³-hybridized carbons (Fsp3) is 0.412. The molecular weight excluding hydrogens is 314 g/mol. The lowest BCUT2D eigenvalue weighted by Crippen LogP contribution is -2.39. The molecule has 0 aliphatic rings. The predicted molar refractivity (Wildman–Crippen MR) is 90.3 cm³/mol. The molecule has 1 heterocycles. The third-order valence-electron chi connectivity index (χ3n) is 3.57. The van der Waals surface area contributed by atoms with Gasteiger partial charge in [0.25, 0.3) is 0 Å². The first-order valence-corrected chi connectivity index (χ1v) is 7.92. The Hall–Kier alpha value is -1.85. The summed E-state index contributed by atoms with van der Waals surface area (Å²) in [4.78, 5) is 18.3. The van der Waals surface area contributed by atoms with E-state index in [9.17, 15) is 4.79 Å². The third-order valence-corrected chi connectivity index (χ3v) is 3.80. The highest BCUT2D eigenvalue weighted by molar-refractivity contribution is 6.30. The molecule has 0 unspecified atom stereocenters. The lowest BCUT2D eigenvalue weighted by Gasteiger charge is -2.26. The Labute approximate surface area is 141 Å². The summed E-state index contributed by atoms with van der Waals surface area (Å²) in [5.41, 5.74) is 1.09. The first kappa shape index (κ1) is 17.5. The van der Waals surface area contributed by atoms with Crippen LogP contribution in [0.1, 0.15) is 25.2 Å². The number of amides is 1. The summed E-state index contributed by atoms with van der Waals surface area (Å²) in [5.74, 6) is 0.794. The van der Waals surface area contributed by atoms with Crippen LogP contribution in [-0.4, -0.2) is 40.1 Å². The number of nitrogens with zero attached hydrogens (tertiary/aromatic N) is 3. The highest BCUT2D eigenvalue weighted by Crippen LogP contribution is 2.14. The van der Waals surface area contributed by atoms with Crippen molar-refractivity contribution in [2.24, 2.45) is 0 Å². The Bertz CT molecular complexity index is 655. The molecule has 0 bridgehead atoms. The van der Waals surface area contributed by atoms with Crippen LogP contribution in [0.5, 0.6) is 0 Å². The van der Waals surface area contributed by atoms with E-state index in [1.54, 1.807) is 11.1 Å². The molecule has 1 amide bonds. The van der Waals surface area contributed by atoms with E-state index in [1.807, 2.05) is 48.9 Å². The SMILES string of the molecule is COCC(=O)N(Cc1nccn1Cc1cccc(Cl)c1)C(C)C. The van der Waals surface area contributed by atoms with Crippen molar-refractivity contribution in [3.8, 4) is 0 Å².